The fourth-order valence-electron chi connectivity index (χ4n) is 6.39. The SMILES string of the molecule is c1ccc(-c2ccc(N(c3ccc(-c4ccccc4)cc3)c3ccc4c(c3)oc3ccc5nc(-c6ccccc6)sc5c34)cc2)cc1. The Kier molecular flexibility index (Phi) is 6.65. The predicted octanol–water partition coefficient (Wildman–Crippen LogP) is 12.7. The lowest BCUT2D eigenvalue weighted by atomic mass is 10.0. The van der Waals surface area contributed by atoms with E-state index in [4.69, 9.17) is 9.40 Å². The Hall–Kier alpha value is -5.97. The summed E-state index contributed by atoms with van der Waals surface area (Å²) in [5.41, 5.74) is 11.8. The molecule has 0 fully saturated rings. The van der Waals surface area contributed by atoms with Crippen LogP contribution in [-0.4, -0.2) is 4.98 Å². The van der Waals surface area contributed by atoms with Crippen LogP contribution in [0, 0.1) is 0 Å². The molecular formula is C43H28N2OS. The number of benzene rings is 7. The molecule has 0 saturated heterocycles. The number of aromatic nitrogens is 1. The van der Waals surface area contributed by atoms with E-state index in [1.54, 1.807) is 11.3 Å². The number of fused-ring (bicyclic) bond motifs is 5. The highest BCUT2D eigenvalue weighted by atomic mass is 32.1. The summed E-state index contributed by atoms with van der Waals surface area (Å²) in [5.74, 6) is 0. The average Bonchev–Trinajstić information content (AvgIpc) is 3.75. The molecule has 0 bridgehead atoms. The molecule has 0 radical (unpaired) electrons. The molecule has 7 aromatic carbocycles. The Morgan fingerprint density at radius 3 is 1.53 bits per heavy atom. The van der Waals surface area contributed by atoms with Crippen LogP contribution in [0.3, 0.4) is 0 Å². The summed E-state index contributed by atoms with van der Waals surface area (Å²) in [6.45, 7) is 0. The second-order valence-corrected chi connectivity index (χ2v) is 12.6. The van der Waals surface area contributed by atoms with E-state index < -0.39 is 0 Å². The van der Waals surface area contributed by atoms with Crippen molar-refractivity contribution in [2.75, 3.05) is 4.90 Å². The number of hydrogen-bond acceptors (Lipinski definition) is 4. The van der Waals surface area contributed by atoms with E-state index in [1.807, 2.05) is 12.1 Å². The molecule has 9 aromatic rings. The smallest absolute Gasteiger partial charge is 0.137 e. The number of furan rings is 1. The molecule has 0 spiro atoms. The Morgan fingerprint density at radius 1 is 0.447 bits per heavy atom. The van der Waals surface area contributed by atoms with Crippen LogP contribution in [0.25, 0.3) is 65.0 Å². The van der Waals surface area contributed by atoms with Gasteiger partial charge >= 0.3 is 0 Å². The van der Waals surface area contributed by atoms with Gasteiger partial charge in [0.1, 0.15) is 16.2 Å². The second kappa shape index (κ2) is 11.4. The van der Waals surface area contributed by atoms with Gasteiger partial charge in [0.25, 0.3) is 0 Å². The highest BCUT2D eigenvalue weighted by molar-refractivity contribution is 7.22. The van der Waals surface area contributed by atoms with Crippen LogP contribution in [-0.2, 0) is 0 Å². The molecule has 0 N–H and O–H groups in total. The van der Waals surface area contributed by atoms with E-state index in [0.29, 0.717) is 0 Å². The number of nitrogens with zero attached hydrogens (tertiary/aromatic N) is 2. The molecule has 0 saturated carbocycles. The van der Waals surface area contributed by atoms with Gasteiger partial charge < -0.3 is 9.32 Å². The van der Waals surface area contributed by atoms with Crippen molar-refractivity contribution in [2.45, 2.75) is 0 Å². The van der Waals surface area contributed by atoms with Crippen LogP contribution in [0.1, 0.15) is 0 Å². The van der Waals surface area contributed by atoms with Gasteiger partial charge in [0.2, 0.25) is 0 Å². The van der Waals surface area contributed by atoms with Crippen molar-refractivity contribution in [3.8, 4) is 32.8 Å². The first kappa shape index (κ1) is 27.3. The molecular weight excluding hydrogens is 593 g/mol. The third-order valence-corrected chi connectivity index (χ3v) is 9.86. The minimum absolute atomic E-state index is 0.853. The van der Waals surface area contributed by atoms with Crippen LogP contribution in [0.4, 0.5) is 17.1 Å². The molecule has 9 rings (SSSR count). The van der Waals surface area contributed by atoms with Crippen molar-refractivity contribution in [1.82, 2.24) is 4.98 Å². The van der Waals surface area contributed by atoms with Gasteiger partial charge in [0.15, 0.2) is 0 Å². The fourth-order valence-corrected chi connectivity index (χ4v) is 7.51. The zero-order valence-corrected chi connectivity index (χ0v) is 26.2. The highest BCUT2D eigenvalue weighted by Crippen LogP contribution is 2.43. The van der Waals surface area contributed by atoms with Crippen molar-refractivity contribution in [1.29, 1.82) is 0 Å². The molecule has 3 nitrogen and oxygen atoms in total. The van der Waals surface area contributed by atoms with Gasteiger partial charge in [-0.2, -0.15) is 0 Å². The van der Waals surface area contributed by atoms with Gasteiger partial charge in [-0.3, -0.25) is 0 Å². The topological polar surface area (TPSA) is 29.3 Å². The Labute approximate surface area is 276 Å². The van der Waals surface area contributed by atoms with Crippen molar-refractivity contribution in [2.24, 2.45) is 0 Å². The quantitative estimate of drug-likeness (QED) is 0.185. The Bertz CT molecular complexity index is 2400. The zero-order valence-electron chi connectivity index (χ0n) is 25.4. The largest absolute Gasteiger partial charge is 0.456 e. The van der Waals surface area contributed by atoms with E-state index in [-0.39, 0.29) is 0 Å². The molecule has 2 heterocycles. The van der Waals surface area contributed by atoms with Crippen LogP contribution >= 0.6 is 11.3 Å². The number of hydrogen-bond donors (Lipinski definition) is 0. The van der Waals surface area contributed by atoms with Gasteiger partial charge in [0.05, 0.1) is 10.2 Å². The van der Waals surface area contributed by atoms with Crippen LogP contribution in [0.15, 0.2) is 174 Å². The van der Waals surface area contributed by atoms with Crippen molar-refractivity contribution < 1.29 is 4.42 Å². The molecule has 0 amide bonds. The molecule has 4 heteroatoms. The lowest BCUT2D eigenvalue weighted by Crippen LogP contribution is -2.09. The standard InChI is InChI=1S/C43H28N2OS/c1-4-10-29(11-5-1)31-16-20-34(21-17-31)45(35-22-18-32(19-23-35)30-12-6-2-7-13-30)36-24-25-37-40(28-36)46-39-27-26-38-42(41(37)39)47-43(44-38)33-14-8-3-9-15-33/h1-28H. The number of anilines is 3. The van der Waals surface area contributed by atoms with Gasteiger partial charge in [-0.1, -0.05) is 115 Å². The molecule has 0 aliphatic rings. The summed E-state index contributed by atoms with van der Waals surface area (Å²) in [6.07, 6.45) is 0. The van der Waals surface area contributed by atoms with Gasteiger partial charge in [0, 0.05) is 39.5 Å². The molecule has 2 aromatic heterocycles. The van der Waals surface area contributed by atoms with E-state index in [9.17, 15) is 0 Å². The molecule has 0 atom stereocenters. The van der Waals surface area contributed by atoms with E-state index in [1.165, 1.54) is 22.3 Å². The summed E-state index contributed by atoms with van der Waals surface area (Å²) in [7, 11) is 0. The van der Waals surface area contributed by atoms with Crippen molar-refractivity contribution in [3.05, 3.63) is 170 Å². The van der Waals surface area contributed by atoms with Crippen LogP contribution < -0.4 is 4.90 Å². The minimum Gasteiger partial charge on any atom is -0.456 e. The lowest BCUT2D eigenvalue weighted by molar-refractivity contribution is 0.669. The third kappa shape index (κ3) is 4.96. The zero-order chi connectivity index (χ0) is 31.2. The fraction of sp³-hybridized carbons (Fsp3) is 0. The van der Waals surface area contributed by atoms with E-state index >= 15 is 0 Å². The van der Waals surface area contributed by atoms with Gasteiger partial charge in [-0.25, -0.2) is 4.98 Å². The summed E-state index contributed by atoms with van der Waals surface area (Å²) in [4.78, 5) is 7.27. The van der Waals surface area contributed by atoms with Crippen molar-refractivity contribution >= 4 is 60.6 Å². The van der Waals surface area contributed by atoms with E-state index in [0.717, 1.165) is 59.8 Å². The number of thiazole rings is 1. The van der Waals surface area contributed by atoms with Crippen LogP contribution in [0.5, 0.6) is 0 Å². The molecule has 0 unspecified atom stereocenters. The second-order valence-electron chi connectivity index (χ2n) is 11.6. The molecule has 47 heavy (non-hydrogen) atoms. The highest BCUT2D eigenvalue weighted by Gasteiger charge is 2.19. The normalized spacial score (nSPS) is 11.4. The first-order chi connectivity index (χ1) is 23.3. The van der Waals surface area contributed by atoms with Crippen LogP contribution in [0.2, 0.25) is 0 Å². The van der Waals surface area contributed by atoms with Gasteiger partial charge in [-0.15, -0.1) is 11.3 Å². The predicted molar refractivity (Wildman–Crippen MR) is 198 cm³/mol. The van der Waals surface area contributed by atoms with E-state index in [2.05, 4.69) is 163 Å². The molecule has 222 valence electrons. The Balaban J connectivity index is 1.16. The molecule has 0 aliphatic heterocycles. The summed E-state index contributed by atoms with van der Waals surface area (Å²) < 4.78 is 7.69. The monoisotopic (exact) mass is 620 g/mol. The third-order valence-electron chi connectivity index (χ3n) is 8.72. The summed E-state index contributed by atoms with van der Waals surface area (Å²) in [6, 6.07) is 59.6. The maximum atomic E-state index is 6.54. The maximum Gasteiger partial charge on any atom is 0.137 e. The summed E-state index contributed by atoms with van der Waals surface area (Å²) in [5, 5.41) is 3.23. The maximum absolute atomic E-state index is 6.54. The first-order valence-corrected chi connectivity index (χ1v) is 16.5. The van der Waals surface area contributed by atoms with Gasteiger partial charge in [-0.05, 0) is 70.8 Å². The first-order valence-electron chi connectivity index (χ1n) is 15.7. The Morgan fingerprint density at radius 2 is 0.957 bits per heavy atom. The number of rotatable bonds is 6. The minimum atomic E-state index is 0.853. The molecule has 0 aliphatic carbocycles. The average molecular weight is 621 g/mol. The summed E-state index contributed by atoms with van der Waals surface area (Å²) >= 11 is 1.72. The van der Waals surface area contributed by atoms with Crippen molar-refractivity contribution in [3.63, 3.8) is 0 Å². The lowest BCUT2D eigenvalue weighted by Gasteiger charge is -2.26.